The molecule has 0 aliphatic carbocycles. The van der Waals surface area contributed by atoms with Crippen LogP contribution in [0.2, 0.25) is 0 Å². The van der Waals surface area contributed by atoms with E-state index in [9.17, 15) is 19.2 Å². The normalized spacial score (nSPS) is 17.6. The van der Waals surface area contributed by atoms with Gasteiger partial charge in [0.15, 0.2) is 0 Å². The zero-order valence-corrected chi connectivity index (χ0v) is 34.3. The van der Waals surface area contributed by atoms with Crippen LogP contribution in [0.15, 0.2) is 126 Å². The average Bonchev–Trinajstić information content (AvgIpc) is 4.01. The van der Waals surface area contributed by atoms with Gasteiger partial charge in [0.25, 0.3) is 0 Å². The van der Waals surface area contributed by atoms with Crippen LogP contribution in [0.4, 0.5) is 11.4 Å². The molecule has 11 heteroatoms. The highest BCUT2D eigenvalue weighted by Crippen LogP contribution is 2.32. The minimum atomic E-state index is -0.400. The smallest absolute Gasteiger partial charge is 0.244 e. The van der Waals surface area contributed by atoms with Gasteiger partial charge >= 0.3 is 0 Å². The monoisotopic (exact) mass is 794 g/mol. The van der Waals surface area contributed by atoms with Crippen LogP contribution in [0.5, 0.6) is 0 Å². The number of hydrogen-bond acceptors (Lipinski definition) is 7. The minimum absolute atomic E-state index is 0.0243. The summed E-state index contributed by atoms with van der Waals surface area (Å²) in [6.45, 7) is 1.29. The molecule has 2 saturated heterocycles. The number of amides is 4. The quantitative estimate of drug-likeness (QED) is 0.118. The highest BCUT2D eigenvalue weighted by molar-refractivity contribution is 5.93. The second kappa shape index (κ2) is 18.7. The lowest BCUT2D eigenvalue weighted by atomic mass is 10.0. The van der Waals surface area contributed by atoms with E-state index >= 15 is 0 Å². The lowest BCUT2D eigenvalue weighted by Crippen LogP contribution is -2.44. The molecule has 306 valence electrons. The fourth-order valence-electron chi connectivity index (χ4n) is 8.52. The number of anilines is 2. The Morgan fingerprint density at radius 1 is 0.559 bits per heavy atom. The van der Waals surface area contributed by atoms with Crippen molar-refractivity contribution in [3.63, 3.8) is 0 Å². The summed E-state index contributed by atoms with van der Waals surface area (Å²) in [4.78, 5) is 61.4. The van der Waals surface area contributed by atoms with Crippen molar-refractivity contribution in [2.75, 3.05) is 51.9 Å². The molecule has 4 atom stereocenters. The maximum atomic E-state index is 13.7. The molecule has 0 bridgehead atoms. The Labute approximate surface area is 347 Å². The van der Waals surface area contributed by atoms with E-state index < -0.39 is 12.1 Å². The first-order chi connectivity index (χ1) is 28.5. The van der Waals surface area contributed by atoms with Gasteiger partial charge < -0.3 is 24.9 Å². The molecule has 2 N–H and O–H groups in total. The van der Waals surface area contributed by atoms with Gasteiger partial charge in [-0.1, -0.05) is 60.7 Å². The first-order valence-corrected chi connectivity index (χ1v) is 20.5. The third-order valence-corrected chi connectivity index (χ3v) is 11.4. The molecule has 1 aromatic heterocycles. The van der Waals surface area contributed by atoms with Crippen LogP contribution < -0.4 is 10.6 Å². The molecule has 3 heterocycles. The van der Waals surface area contributed by atoms with Crippen molar-refractivity contribution in [2.45, 2.75) is 62.7 Å². The zero-order valence-electron chi connectivity index (χ0n) is 34.3. The second-order valence-electron chi connectivity index (χ2n) is 16.0. The predicted molar refractivity (Wildman–Crippen MR) is 231 cm³/mol. The number of furan rings is 1. The Kier molecular flexibility index (Phi) is 13.0. The number of hydrogen-bond donors (Lipinski definition) is 2. The Bertz CT molecular complexity index is 2050. The van der Waals surface area contributed by atoms with Gasteiger partial charge in [0.2, 0.25) is 23.6 Å². The van der Waals surface area contributed by atoms with Gasteiger partial charge in [-0.15, -0.1) is 0 Å². The molecule has 7 rings (SSSR count). The van der Waals surface area contributed by atoms with Crippen molar-refractivity contribution in [1.29, 1.82) is 0 Å². The van der Waals surface area contributed by atoms with Crippen molar-refractivity contribution in [2.24, 2.45) is 0 Å². The number of likely N-dealkylation sites (N-methyl/N-ethyl adjacent to an activating group) is 2. The van der Waals surface area contributed by atoms with Crippen LogP contribution in [-0.2, 0) is 19.2 Å². The number of likely N-dealkylation sites (tertiary alicyclic amines) is 2. The largest absolute Gasteiger partial charge is 0.456 e. The molecular formula is C48H54N6O5. The van der Waals surface area contributed by atoms with Gasteiger partial charge in [0, 0.05) is 60.5 Å². The van der Waals surface area contributed by atoms with Crippen molar-refractivity contribution >= 4 is 35.0 Å². The molecule has 4 aromatic carbocycles. The van der Waals surface area contributed by atoms with Crippen LogP contribution in [0.3, 0.4) is 0 Å². The van der Waals surface area contributed by atoms with E-state index in [2.05, 4.69) is 10.6 Å². The summed E-state index contributed by atoms with van der Waals surface area (Å²) in [5.41, 5.74) is 4.95. The standard InChI is InChI=1S/C48H54N6O5/c1-51(2)45(35-13-7-5-8-14-35)47(57)53-29-11-17-39(53)31-43(55)49-37-23-19-33(20-24-37)41-27-28-42(59-41)34-21-25-38(26-22-34)50-44(56)32-40-18-12-30-54(40)48(58)46(52(3)4)36-15-9-6-10-16-36/h5-10,13-16,19-28,39-40,45-46H,11-12,17-18,29-32H2,1-4H3,(H,49,55)(H,50,56)/t39-,40-,45+,46+/m0/s1. The zero-order chi connectivity index (χ0) is 41.5. The topological polar surface area (TPSA) is 118 Å². The molecule has 0 radical (unpaired) electrons. The van der Waals surface area contributed by atoms with Crippen molar-refractivity contribution in [3.8, 4) is 22.6 Å². The maximum Gasteiger partial charge on any atom is 0.244 e. The first kappa shape index (κ1) is 41.1. The molecule has 59 heavy (non-hydrogen) atoms. The molecule has 4 amide bonds. The third-order valence-electron chi connectivity index (χ3n) is 11.4. The summed E-state index contributed by atoms with van der Waals surface area (Å²) >= 11 is 0. The maximum absolute atomic E-state index is 13.7. The van der Waals surface area contributed by atoms with Gasteiger partial charge in [0.1, 0.15) is 23.6 Å². The van der Waals surface area contributed by atoms with Gasteiger partial charge in [-0.25, -0.2) is 0 Å². The first-order valence-electron chi connectivity index (χ1n) is 20.5. The van der Waals surface area contributed by atoms with Crippen LogP contribution in [0.25, 0.3) is 22.6 Å². The Morgan fingerprint density at radius 3 is 1.29 bits per heavy atom. The van der Waals surface area contributed by atoms with E-state index in [-0.39, 0.29) is 48.6 Å². The number of rotatable bonds is 14. The van der Waals surface area contributed by atoms with Crippen molar-refractivity contribution in [3.05, 3.63) is 132 Å². The molecular weight excluding hydrogens is 741 g/mol. The van der Waals surface area contributed by atoms with Crippen molar-refractivity contribution in [1.82, 2.24) is 19.6 Å². The molecule has 0 saturated carbocycles. The Hall–Kier alpha value is -6.04. The number of nitrogens with one attached hydrogen (secondary N) is 2. The van der Waals surface area contributed by atoms with Crippen LogP contribution in [0, 0.1) is 0 Å². The summed E-state index contributed by atoms with van der Waals surface area (Å²) in [5.74, 6) is 1.16. The highest BCUT2D eigenvalue weighted by atomic mass is 16.3. The number of benzene rings is 4. The summed E-state index contributed by atoms with van der Waals surface area (Å²) in [6, 6.07) is 37.3. The fourth-order valence-corrected chi connectivity index (χ4v) is 8.52. The highest BCUT2D eigenvalue weighted by Gasteiger charge is 2.37. The Balaban J connectivity index is 0.907. The average molecular weight is 795 g/mol. The second-order valence-corrected chi connectivity index (χ2v) is 16.0. The van der Waals surface area contributed by atoms with E-state index in [4.69, 9.17) is 4.42 Å². The van der Waals surface area contributed by atoms with Gasteiger partial charge in [0.05, 0.1) is 0 Å². The van der Waals surface area contributed by atoms with E-state index in [1.807, 2.05) is 169 Å². The Morgan fingerprint density at radius 2 is 0.932 bits per heavy atom. The predicted octanol–water partition coefficient (Wildman–Crippen LogP) is 7.86. The van der Waals surface area contributed by atoms with E-state index in [1.54, 1.807) is 0 Å². The SMILES string of the molecule is CN(C)[C@@H](C(=O)N1CCC[C@H]1CC(=O)Nc1ccc(-c2ccc(-c3ccc(NC(=O)C[C@@H]4CCCN4C(=O)[C@@H](c4ccccc4)N(C)C)cc3)o2)cc1)c1ccccc1. The molecule has 0 unspecified atom stereocenters. The minimum Gasteiger partial charge on any atom is -0.456 e. The number of carbonyl (C=O) groups excluding carboxylic acids is 4. The summed E-state index contributed by atoms with van der Waals surface area (Å²) in [6.07, 6.45) is 3.80. The molecule has 2 aliphatic rings. The van der Waals surface area contributed by atoms with Crippen LogP contribution in [0.1, 0.15) is 61.7 Å². The van der Waals surface area contributed by atoms with Crippen molar-refractivity contribution < 1.29 is 23.6 Å². The summed E-state index contributed by atoms with van der Waals surface area (Å²) < 4.78 is 6.22. The molecule has 0 spiro atoms. The lowest BCUT2D eigenvalue weighted by molar-refractivity contribution is -0.138. The van der Waals surface area contributed by atoms with Gasteiger partial charge in [-0.2, -0.15) is 0 Å². The summed E-state index contributed by atoms with van der Waals surface area (Å²) in [5, 5.41) is 6.03. The molecule has 5 aromatic rings. The number of carbonyl (C=O) groups is 4. The number of nitrogens with zero attached hydrogens (tertiary/aromatic N) is 4. The van der Waals surface area contributed by atoms with Crippen LogP contribution in [-0.4, -0.2) is 96.6 Å². The van der Waals surface area contributed by atoms with Gasteiger partial charge in [-0.05, 0) is 126 Å². The fraction of sp³-hybridized carbons (Fsp3) is 0.333. The lowest BCUT2D eigenvalue weighted by Gasteiger charge is -2.32. The third kappa shape index (κ3) is 9.81. The molecule has 2 fully saturated rings. The molecule has 2 aliphatic heterocycles. The van der Waals surface area contributed by atoms with Gasteiger partial charge in [-0.3, -0.25) is 29.0 Å². The summed E-state index contributed by atoms with van der Waals surface area (Å²) in [7, 11) is 7.64. The van der Waals surface area contributed by atoms with E-state index in [0.717, 1.165) is 47.9 Å². The van der Waals surface area contributed by atoms with E-state index in [0.29, 0.717) is 36.0 Å². The molecule has 11 nitrogen and oxygen atoms in total. The van der Waals surface area contributed by atoms with E-state index in [1.165, 1.54) is 0 Å². The van der Waals surface area contributed by atoms with Crippen LogP contribution >= 0.6 is 0 Å².